The second-order valence-corrected chi connectivity index (χ2v) is 8.36. The normalized spacial score (nSPS) is 19.8. The smallest absolute Gasteiger partial charge is 0.222 e. The third kappa shape index (κ3) is 5.98. The quantitative estimate of drug-likeness (QED) is 0.686. The van der Waals surface area contributed by atoms with Gasteiger partial charge in [0.1, 0.15) is 0 Å². The molecule has 3 heterocycles. The van der Waals surface area contributed by atoms with Crippen LogP contribution in [0.1, 0.15) is 24.0 Å². The standard InChI is InChI=1S/C23H34N6O/c30-15-14-27-10-12-29(13-11-27)22-6-8-28(9-7-22)19-21-17-25-23(26-18-21)24-16-20-4-2-1-3-5-20/h1-5,17-18,22,30H,6-16,19H2,(H,24,25,26). The molecule has 2 fully saturated rings. The van der Waals surface area contributed by atoms with Gasteiger partial charge in [0.2, 0.25) is 5.95 Å². The molecule has 0 radical (unpaired) electrons. The van der Waals surface area contributed by atoms with Gasteiger partial charge < -0.3 is 10.4 Å². The topological polar surface area (TPSA) is 67.8 Å². The molecule has 7 nitrogen and oxygen atoms in total. The molecular formula is C23H34N6O. The van der Waals surface area contributed by atoms with Gasteiger partial charge in [0.15, 0.2) is 0 Å². The second kappa shape index (κ2) is 10.8. The first kappa shape index (κ1) is 21.2. The molecule has 1 aromatic heterocycles. The third-order valence-electron chi connectivity index (χ3n) is 6.30. The monoisotopic (exact) mass is 410 g/mol. The molecule has 2 aliphatic rings. The molecule has 1 aromatic carbocycles. The number of piperidine rings is 1. The Balaban J connectivity index is 1.18. The maximum absolute atomic E-state index is 9.10. The SMILES string of the molecule is OCCN1CCN(C2CCN(Cc3cnc(NCc4ccccc4)nc3)CC2)CC1. The van der Waals surface area contributed by atoms with Crippen LogP contribution < -0.4 is 5.32 Å². The van der Waals surface area contributed by atoms with E-state index < -0.39 is 0 Å². The zero-order valence-corrected chi connectivity index (χ0v) is 17.8. The maximum Gasteiger partial charge on any atom is 0.222 e. The molecule has 0 saturated carbocycles. The molecule has 0 aliphatic carbocycles. The van der Waals surface area contributed by atoms with Crippen molar-refractivity contribution in [2.24, 2.45) is 0 Å². The lowest BCUT2D eigenvalue weighted by Crippen LogP contribution is -2.53. The minimum atomic E-state index is 0.270. The highest BCUT2D eigenvalue weighted by molar-refractivity contribution is 5.27. The number of anilines is 1. The van der Waals surface area contributed by atoms with Gasteiger partial charge in [-0.15, -0.1) is 0 Å². The molecule has 2 aliphatic heterocycles. The van der Waals surface area contributed by atoms with Crippen molar-refractivity contribution in [3.8, 4) is 0 Å². The minimum Gasteiger partial charge on any atom is -0.395 e. The molecule has 2 saturated heterocycles. The number of nitrogens with one attached hydrogen (secondary N) is 1. The molecule has 2 aromatic rings. The summed E-state index contributed by atoms with van der Waals surface area (Å²) in [7, 11) is 0. The Morgan fingerprint density at radius 1 is 0.867 bits per heavy atom. The van der Waals surface area contributed by atoms with Gasteiger partial charge in [-0.1, -0.05) is 30.3 Å². The Morgan fingerprint density at radius 3 is 2.23 bits per heavy atom. The molecule has 0 spiro atoms. The van der Waals surface area contributed by atoms with E-state index in [0.29, 0.717) is 12.0 Å². The molecule has 4 rings (SSSR count). The summed E-state index contributed by atoms with van der Waals surface area (Å²) >= 11 is 0. The largest absolute Gasteiger partial charge is 0.395 e. The third-order valence-corrected chi connectivity index (χ3v) is 6.30. The Kier molecular flexibility index (Phi) is 7.64. The van der Waals surface area contributed by atoms with Crippen LogP contribution in [-0.2, 0) is 13.1 Å². The van der Waals surface area contributed by atoms with E-state index in [4.69, 9.17) is 5.11 Å². The Morgan fingerprint density at radius 2 is 1.57 bits per heavy atom. The van der Waals surface area contributed by atoms with Gasteiger partial charge in [0.05, 0.1) is 6.61 Å². The highest BCUT2D eigenvalue weighted by atomic mass is 16.3. The number of β-amino-alcohol motifs (C(OH)–C–C–N with tert-alkyl or cyclic N) is 1. The van der Waals surface area contributed by atoms with Gasteiger partial charge in [-0.2, -0.15) is 0 Å². The average Bonchev–Trinajstić information content (AvgIpc) is 2.81. The van der Waals surface area contributed by atoms with Crippen molar-refractivity contribution in [2.45, 2.75) is 32.0 Å². The Bertz CT molecular complexity index is 740. The first-order valence-corrected chi connectivity index (χ1v) is 11.2. The van der Waals surface area contributed by atoms with E-state index in [2.05, 4.69) is 42.1 Å². The summed E-state index contributed by atoms with van der Waals surface area (Å²) in [6, 6.07) is 11.0. The highest BCUT2D eigenvalue weighted by Gasteiger charge is 2.27. The first-order valence-electron chi connectivity index (χ1n) is 11.2. The van der Waals surface area contributed by atoms with Gasteiger partial charge >= 0.3 is 0 Å². The predicted octanol–water partition coefficient (Wildman–Crippen LogP) is 1.66. The second-order valence-electron chi connectivity index (χ2n) is 8.36. The molecule has 0 bridgehead atoms. The van der Waals surface area contributed by atoms with Crippen LogP contribution in [0.5, 0.6) is 0 Å². The van der Waals surface area contributed by atoms with Crippen LogP contribution in [-0.4, -0.2) is 88.2 Å². The molecule has 7 heteroatoms. The van der Waals surface area contributed by atoms with Crippen molar-refractivity contribution >= 4 is 5.95 Å². The first-order chi connectivity index (χ1) is 14.8. The number of benzene rings is 1. The van der Waals surface area contributed by atoms with Gasteiger partial charge in [0.25, 0.3) is 0 Å². The summed E-state index contributed by atoms with van der Waals surface area (Å²) in [5.41, 5.74) is 2.40. The number of likely N-dealkylation sites (tertiary alicyclic amines) is 1. The van der Waals surface area contributed by atoms with Crippen LogP contribution >= 0.6 is 0 Å². The van der Waals surface area contributed by atoms with E-state index in [1.165, 1.54) is 24.0 Å². The van der Waals surface area contributed by atoms with Gasteiger partial charge in [0, 0.05) is 69.8 Å². The lowest BCUT2D eigenvalue weighted by molar-refractivity contribution is 0.0516. The molecule has 30 heavy (non-hydrogen) atoms. The van der Waals surface area contributed by atoms with Gasteiger partial charge in [-0.05, 0) is 31.5 Å². The van der Waals surface area contributed by atoms with Crippen molar-refractivity contribution in [1.82, 2.24) is 24.7 Å². The highest BCUT2D eigenvalue weighted by Crippen LogP contribution is 2.20. The molecular weight excluding hydrogens is 376 g/mol. The number of piperazine rings is 1. The van der Waals surface area contributed by atoms with E-state index in [1.807, 2.05) is 30.6 Å². The summed E-state index contributed by atoms with van der Waals surface area (Å²) in [4.78, 5) is 16.5. The van der Waals surface area contributed by atoms with Crippen molar-refractivity contribution in [3.63, 3.8) is 0 Å². The van der Waals surface area contributed by atoms with E-state index in [9.17, 15) is 0 Å². The molecule has 2 N–H and O–H groups in total. The van der Waals surface area contributed by atoms with E-state index in [1.54, 1.807) is 0 Å². The van der Waals surface area contributed by atoms with Crippen molar-refractivity contribution in [1.29, 1.82) is 0 Å². The number of hydrogen-bond acceptors (Lipinski definition) is 7. The number of aliphatic hydroxyl groups is 1. The molecule has 0 amide bonds. The van der Waals surface area contributed by atoms with E-state index >= 15 is 0 Å². The average molecular weight is 411 g/mol. The lowest BCUT2D eigenvalue weighted by atomic mass is 10.0. The van der Waals surface area contributed by atoms with Gasteiger partial charge in [-0.3, -0.25) is 14.7 Å². The fourth-order valence-corrected chi connectivity index (χ4v) is 4.50. The van der Waals surface area contributed by atoms with Crippen molar-refractivity contribution in [2.75, 3.05) is 57.7 Å². The van der Waals surface area contributed by atoms with E-state index in [-0.39, 0.29) is 6.61 Å². The van der Waals surface area contributed by atoms with Gasteiger partial charge in [-0.25, -0.2) is 9.97 Å². The summed E-state index contributed by atoms with van der Waals surface area (Å²) in [6.07, 6.45) is 6.37. The molecule has 0 unspecified atom stereocenters. The predicted molar refractivity (Wildman–Crippen MR) is 119 cm³/mol. The van der Waals surface area contributed by atoms with Crippen LogP contribution in [0, 0.1) is 0 Å². The summed E-state index contributed by atoms with van der Waals surface area (Å²) in [5.74, 6) is 0.682. The zero-order valence-electron chi connectivity index (χ0n) is 17.8. The summed E-state index contributed by atoms with van der Waals surface area (Å²) in [5, 5.41) is 12.4. The number of nitrogens with zero attached hydrogens (tertiary/aromatic N) is 5. The Labute approximate surface area is 179 Å². The number of hydrogen-bond donors (Lipinski definition) is 2. The number of aromatic nitrogens is 2. The van der Waals surface area contributed by atoms with E-state index in [0.717, 1.165) is 58.9 Å². The lowest BCUT2D eigenvalue weighted by Gasteiger charge is -2.42. The van der Waals surface area contributed by atoms with Crippen molar-refractivity contribution in [3.05, 3.63) is 53.9 Å². The summed E-state index contributed by atoms with van der Waals surface area (Å²) < 4.78 is 0. The molecule has 162 valence electrons. The maximum atomic E-state index is 9.10. The van der Waals surface area contributed by atoms with Crippen LogP contribution in [0.25, 0.3) is 0 Å². The Hall–Kier alpha value is -2.06. The number of aliphatic hydroxyl groups excluding tert-OH is 1. The van der Waals surface area contributed by atoms with Crippen LogP contribution in [0.15, 0.2) is 42.7 Å². The fraction of sp³-hybridized carbons (Fsp3) is 0.565. The molecule has 0 atom stereocenters. The van der Waals surface area contributed by atoms with Crippen molar-refractivity contribution < 1.29 is 5.11 Å². The van der Waals surface area contributed by atoms with Crippen LogP contribution in [0.3, 0.4) is 0 Å². The summed E-state index contributed by atoms with van der Waals surface area (Å²) in [6.45, 7) is 9.46. The van der Waals surface area contributed by atoms with Crippen LogP contribution in [0.2, 0.25) is 0 Å². The minimum absolute atomic E-state index is 0.270. The fourth-order valence-electron chi connectivity index (χ4n) is 4.50. The van der Waals surface area contributed by atoms with Crippen LogP contribution in [0.4, 0.5) is 5.95 Å². The zero-order chi connectivity index (χ0) is 20.6. The number of rotatable bonds is 8.